The van der Waals surface area contributed by atoms with Gasteiger partial charge in [-0.2, -0.15) is 5.10 Å². The van der Waals surface area contributed by atoms with Crippen molar-refractivity contribution in [3.05, 3.63) is 35.7 Å². The van der Waals surface area contributed by atoms with E-state index in [2.05, 4.69) is 5.32 Å². The highest BCUT2D eigenvalue weighted by Gasteiger charge is 2.18. The molecule has 1 fully saturated rings. The summed E-state index contributed by atoms with van der Waals surface area (Å²) in [4.78, 5) is 5.76. The van der Waals surface area contributed by atoms with Gasteiger partial charge in [0.15, 0.2) is 16.6 Å². The third kappa shape index (κ3) is 4.83. The Kier molecular flexibility index (Phi) is 7.16. The number of thiazole rings is 1. The summed E-state index contributed by atoms with van der Waals surface area (Å²) in [5, 5.41) is 9.00. The Balaban J connectivity index is 1.45. The van der Waals surface area contributed by atoms with Crippen molar-refractivity contribution in [1.82, 2.24) is 14.8 Å². The Bertz CT molecular complexity index is 1040. The zero-order chi connectivity index (χ0) is 22.5. The van der Waals surface area contributed by atoms with Gasteiger partial charge in [0.25, 0.3) is 0 Å². The number of aryl methyl sites for hydroxylation is 1. The molecule has 3 heterocycles. The second-order valence-electron chi connectivity index (χ2n) is 7.69. The van der Waals surface area contributed by atoms with Crippen molar-refractivity contribution in [2.45, 2.75) is 45.4 Å². The molecule has 0 amide bonds. The fraction of sp³-hybridized carbons (Fsp3) is 0.478. The number of benzene rings is 1. The van der Waals surface area contributed by atoms with E-state index in [1.807, 2.05) is 36.0 Å². The van der Waals surface area contributed by atoms with Crippen molar-refractivity contribution in [2.75, 3.05) is 33.3 Å². The van der Waals surface area contributed by atoms with Crippen molar-refractivity contribution in [3.8, 4) is 27.8 Å². The fourth-order valence-electron chi connectivity index (χ4n) is 3.93. The van der Waals surface area contributed by atoms with E-state index in [-0.39, 0.29) is 6.10 Å². The predicted molar refractivity (Wildman–Crippen MR) is 125 cm³/mol. The summed E-state index contributed by atoms with van der Waals surface area (Å²) in [6, 6.07) is 5.88. The van der Waals surface area contributed by atoms with Gasteiger partial charge in [-0.05, 0) is 44.4 Å². The molecule has 1 saturated heterocycles. The van der Waals surface area contributed by atoms with Gasteiger partial charge in [0.2, 0.25) is 5.75 Å². The molecule has 9 heteroatoms. The Morgan fingerprint density at radius 2 is 1.97 bits per heavy atom. The molecule has 1 N–H and O–H groups in total. The number of rotatable bonds is 9. The van der Waals surface area contributed by atoms with E-state index in [4.69, 9.17) is 29.0 Å². The largest absolute Gasteiger partial charge is 0.493 e. The lowest BCUT2D eigenvalue weighted by atomic mass is 10.1. The van der Waals surface area contributed by atoms with Crippen molar-refractivity contribution in [2.24, 2.45) is 0 Å². The van der Waals surface area contributed by atoms with Crippen LogP contribution in [0.2, 0.25) is 0 Å². The van der Waals surface area contributed by atoms with Crippen LogP contribution in [0.5, 0.6) is 17.2 Å². The molecule has 1 aliphatic rings. The van der Waals surface area contributed by atoms with Crippen LogP contribution in [0, 0.1) is 6.92 Å². The summed E-state index contributed by atoms with van der Waals surface area (Å²) in [6.45, 7) is 4.20. The Morgan fingerprint density at radius 3 is 2.69 bits per heavy atom. The van der Waals surface area contributed by atoms with Crippen LogP contribution in [-0.4, -0.2) is 48.8 Å². The first kappa shape index (κ1) is 22.4. The summed E-state index contributed by atoms with van der Waals surface area (Å²) < 4.78 is 24.2. The maximum absolute atomic E-state index is 5.84. The monoisotopic (exact) mass is 458 g/mol. The zero-order valence-corrected chi connectivity index (χ0v) is 19.8. The van der Waals surface area contributed by atoms with Gasteiger partial charge in [-0.1, -0.05) is 11.3 Å². The van der Waals surface area contributed by atoms with E-state index < -0.39 is 0 Å². The van der Waals surface area contributed by atoms with Gasteiger partial charge in [-0.25, -0.2) is 4.98 Å². The molecule has 172 valence electrons. The standard InChI is InChI=1S/C23H30N4O4S/c1-15-22(18-10-11-27(26-18)14-17-7-5-6-12-31-17)32-23(25-15)24-13-16-8-9-19(28-2)21(30-4)20(16)29-3/h8-11,17H,5-7,12-14H2,1-4H3,(H,24,25)/t17-/m0/s1. The lowest BCUT2D eigenvalue weighted by molar-refractivity contribution is 0.00403. The molecule has 0 bridgehead atoms. The Hall–Kier alpha value is -2.78. The smallest absolute Gasteiger partial charge is 0.203 e. The second kappa shape index (κ2) is 10.2. The maximum atomic E-state index is 5.84. The molecule has 0 saturated carbocycles. The molecular weight excluding hydrogens is 428 g/mol. The molecule has 2 aromatic heterocycles. The van der Waals surface area contributed by atoms with Gasteiger partial charge < -0.3 is 24.3 Å². The van der Waals surface area contributed by atoms with E-state index in [0.717, 1.165) is 53.0 Å². The van der Waals surface area contributed by atoms with Crippen LogP contribution < -0.4 is 19.5 Å². The highest BCUT2D eigenvalue weighted by Crippen LogP contribution is 2.40. The van der Waals surface area contributed by atoms with E-state index in [0.29, 0.717) is 23.8 Å². The summed E-state index contributed by atoms with van der Waals surface area (Å²) in [6.07, 6.45) is 5.77. The molecule has 0 aliphatic carbocycles. The van der Waals surface area contributed by atoms with Crippen LogP contribution in [0.1, 0.15) is 30.5 Å². The minimum Gasteiger partial charge on any atom is -0.493 e. The molecule has 3 aromatic rings. The molecular formula is C23H30N4O4S. The topological polar surface area (TPSA) is 79.7 Å². The highest BCUT2D eigenvalue weighted by atomic mass is 32.1. The first-order valence-electron chi connectivity index (χ1n) is 10.8. The normalized spacial score (nSPS) is 16.1. The van der Waals surface area contributed by atoms with E-state index >= 15 is 0 Å². The van der Waals surface area contributed by atoms with Gasteiger partial charge in [0, 0.05) is 24.9 Å². The molecule has 0 radical (unpaired) electrons. The van der Waals surface area contributed by atoms with Crippen molar-refractivity contribution >= 4 is 16.5 Å². The number of methoxy groups -OCH3 is 3. The van der Waals surface area contributed by atoms with Crippen LogP contribution in [0.15, 0.2) is 24.4 Å². The van der Waals surface area contributed by atoms with Crippen molar-refractivity contribution in [1.29, 1.82) is 0 Å². The molecule has 32 heavy (non-hydrogen) atoms. The number of nitrogens with one attached hydrogen (secondary N) is 1. The molecule has 4 rings (SSSR count). The average molecular weight is 459 g/mol. The Morgan fingerprint density at radius 1 is 1.12 bits per heavy atom. The van der Waals surface area contributed by atoms with Crippen LogP contribution in [0.4, 0.5) is 5.13 Å². The zero-order valence-electron chi connectivity index (χ0n) is 19.0. The number of anilines is 1. The molecule has 0 unspecified atom stereocenters. The summed E-state index contributed by atoms with van der Waals surface area (Å²) in [5.41, 5.74) is 2.85. The van der Waals surface area contributed by atoms with Gasteiger partial charge in [0.05, 0.1) is 44.5 Å². The maximum Gasteiger partial charge on any atom is 0.203 e. The molecule has 8 nitrogen and oxygen atoms in total. The predicted octanol–water partition coefficient (Wildman–Crippen LogP) is 4.52. The van der Waals surface area contributed by atoms with Crippen molar-refractivity contribution in [3.63, 3.8) is 0 Å². The quantitative estimate of drug-likeness (QED) is 0.505. The molecule has 0 spiro atoms. The highest BCUT2D eigenvalue weighted by molar-refractivity contribution is 7.19. The number of hydrogen-bond acceptors (Lipinski definition) is 8. The summed E-state index contributed by atoms with van der Waals surface area (Å²) in [7, 11) is 4.84. The minimum atomic E-state index is 0.257. The number of ether oxygens (including phenoxy) is 4. The first-order valence-corrected chi connectivity index (χ1v) is 11.6. The van der Waals surface area contributed by atoms with E-state index in [1.165, 1.54) is 6.42 Å². The van der Waals surface area contributed by atoms with Gasteiger partial charge in [0.1, 0.15) is 5.69 Å². The molecule has 1 atom stereocenters. The Labute approximate surface area is 192 Å². The lowest BCUT2D eigenvalue weighted by Gasteiger charge is -2.22. The minimum absolute atomic E-state index is 0.257. The van der Waals surface area contributed by atoms with Crippen LogP contribution in [0.3, 0.4) is 0 Å². The third-order valence-electron chi connectivity index (χ3n) is 5.55. The average Bonchev–Trinajstić information content (AvgIpc) is 3.43. The molecule has 1 aromatic carbocycles. The lowest BCUT2D eigenvalue weighted by Crippen LogP contribution is -2.24. The van der Waals surface area contributed by atoms with E-state index in [1.54, 1.807) is 32.7 Å². The summed E-state index contributed by atoms with van der Waals surface area (Å²) in [5.74, 6) is 1.86. The van der Waals surface area contributed by atoms with E-state index in [9.17, 15) is 0 Å². The second-order valence-corrected chi connectivity index (χ2v) is 8.69. The summed E-state index contributed by atoms with van der Waals surface area (Å²) >= 11 is 1.60. The van der Waals surface area contributed by atoms with Gasteiger partial charge >= 0.3 is 0 Å². The first-order chi connectivity index (χ1) is 15.6. The number of aromatic nitrogens is 3. The van der Waals surface area contributed by atoms with Crippen LogP contribution >= 0.6 is 11.3 Å². The fourth-order valence-corrected chi connectivity index (χ4v) is 4.85. The molecule has 1 aliphatic heterocycles. The van der Waals surface area contributed by atoms with Crippen LogP contribution in [0.25, 0.3) is 10.6 Å². The number of nitrogens with zero attached hydrogens (tertiary/aromatic N) is 3. The SMILES string of the molecule is COc1ccc(CNc2nc(C)c(-c3ccn(C[C@@H]4CCCCO4)n3)s2)c(OC)c1OC. The van der Waals surface area contributed by atoms with Crippen LogP contribution in [-0.2, 0) is 17.8 Å². The van der Waals surface area contributed by atoms with Gasteiger partial charge in [-0.3, -0.25) is 4.68 Å². The number of hydrogen-bond donors (Lipinski definition) is 1. The third-order valence-corrected chi connectivity index (χ3v) is 6.69. The van der Waals surface area contributed by atoms with Crippen molar-refractivity contribution < 1.29 is 18.9 Å². The van der Waals surface area contributed by atoms with Gasteiger partial charge in [-0.15, -0.1) is 0 Å².